The van der Waals surface area contributed by atoms with Gasteiger partial charge in [0.05, 0.1) is 22.7 Å². The number of hydrogen-bond donors (Lipinski definition) is 2. The minimum Gasteiger partial charge on any atom is -0.489 e. The minimum atomic E-state index is -4.71. The molecule has 1 saturated carbocycles. The number of nitrogens with zero attached hydrogens (tertiary/aromatic N) is 1. The summed E-state index contributed by atoms with van der Waals surface area (Å²) in [4.78, 5) is 9.99. The Morgan fingerprint density at radius 2 is 1.77 bits per heavy atom. The molecule has 1 heterocycles. The Kier molecular flexibility index (Phi) is 7.59. The van der Waals surface area contributed by atoms with Crippen LogP contribution in [0, 0.1) is 11.6 Å². The maximum absolute atomic E-state index is 14.2. The second kappa shape index (κ2) is 10.5. The lowest BCUT2D eigenvalue weighted by molar-refractivity contribution is -0.137. The van der Waals surface area contributed by atoms with Crippen LogP contribution in [0.5, 0.6) is 5.75 Å². The molecule has 1 amide bonds. The van der Waals surface area contributed by atoms with Crippen molar-refractivity contribution in [2.75, 3.05) is 24.5 Å². The third kappa shape index (κ3) is 5.98. The van der Waals surface area contributed by atoms with Crippen LogP contribution in [0.25, 0.3) is 11.1 Å². The van der Waals surface area contributed by atoms with Crippen molar-refractivity contribution in [3.05, 3.63) is 77.9 Å². The quantitative estimate of drug-likeness (QED) is 0.451. The third-order valence-corrected chi connectivity index (χ3v) is 7.95. The van der Waals surface area contributed by atoms with Gasteiger partial charge in [0.25, 0.3) is 15.9 Å². The monoisotopic (exact) mass is 570 g/mol. The predicted octanol–water partition coefficient (Wildman–Crippen LogP) is 4.50. The zero-order valence-electron chi connectivity index (χ0n) is 20.4. The van der Waals surface area contributed by atoms with E-state index in [-0.39, 0.29) is 41.6 Å². The number of rotatable bonds is 4. The summed E-state index contributed by atoms with van der Waals surface area (Å²) in [5, 5.41) is 11.4. The van der Waals surface area contributed by atoms with Crippen molar-refractivity contribution in [3.8, 4) is 16.9 Å². The number of likely N-dealkylation sites (N-methyl/N-ethyl adjacent to an activating group) is 1. The fraction of sp³-hybridized carbons (Fsp3) is 0.269. The van der Waals surface area contributed by atoms with Gasteiger partial charge in [0.15, 0.2) is 0 Å². The molecule has 0 spiro atoms. The number of hydrogen-bond acceptors (Lipinski definition) is 5. The molecule has 7 nitrogen and oxygen atoms in total. The second-order valence-electron chi connectivity index (χ2n) is 8.87. The largest absolute Gasteiger partial charge is 0.489 e. The maximum Gasteiger partial charge on any atom is 0.416 e. The first kappa shape index (κ1) is 28.3. The Bertz CT molecular complexity index is 1510. The summed E-state index contributed by atoms with van der Waals surface area (Å²) in [6, 6.07) is 10.4. The van der Waals surface area contributed by atoms with E-state index in [9.17, 15) is 35.2 Å². The lowest BCUT2D eigenvalue weighted by Crippen LogP contribution is -2.38. The zero-order chi connectivity index (χ0) is 28.6. The molecule has 1 fully saturated rings. The van der Waals surface area contributed by atoms with E-state index < -0.39 is 43.9 Å². The highest BCUT2D eigenvalue weighted by Crippen LogP contribution is 2.40. The molecule has 2 aliphatic rings. The summed E-state index contributed by atoms with van der Waals surface area (Å²) in [5.41, 5.74) is -1.98. The summed E-state index contributed by atoms with van der Waals surface area (Å²) >= 11 is 0. The van der Waals surface area contributed by atoms with Crippen molar-refractivity contribution in [1.82, 2.24) is 5.32 Å². The Morgan fingerprint density at radius 1 is 1.05 bits per heavy atom. The summed E-state index contributed by atoms with van der Waals surface area (Å²) < 4.78 is 99.7. The molecule has 0 radical (unpaired) electrons. The molecule has 5 rings (SSSR count). The van der Waals surface area contributed by atoms with E-state index in [2.05, 4.69) is 5.32 Å². The molecule has 39 heavy (non-hydrogen) atoms. The van der Waals surface area contributed by atoms with E-state index in [0.29, 0.717) is 18.9 Å². The van der Waals surface area contributed by atoms with Crippen LogP contribution in [0.15, 0.2) is 65.6 Å². The molecule has 0 unspecified atom stereocenters. The van der Waals surface area contributed by atoms with Crippen molar-refractivity contribution >= 4 is 21.6 Å². The van der Waals surface area contributed by atoms with E-state index in [4.69, 9.17) is 9.84 Å². The van der Waals surface area contributed by atoms with Crippen LogP contribution in [-0.4, -0.2) is 45.2 Å². The van der Waals surface area contributed by atoms with Crippen molar-refractivity contribution in [2.45, 2.75) is 29.5 Å². The Balaban J connectivity index is 0.000000379. The third-order valence-electron chi connectivity index (χ3n) is 6.14. The summed E-state index contributed by atoms with van der Waals surface area (Å²) in [5.74, 6) is -1.50. The molecular formula is C26H23F5N2O5S. The van der Waals surface area contributed by atoms with E-state index >= 15 is 0 Å². The number of aliphatic hydroxyl groups is 1. The molecular weight excluding hydrogens is 547 g/mol. The van der Waals surface area contributed by atoms with Crippen LogP contribution in [0.1, 0.15) is 18.4 Å². The number of ether oxygens (including phenoxy) is 1. The van der Waals surface area contributed by atoms with Crippen LogP contribution in [0.4, 0.5) is 27.6 Å². The van der Waals surface area contributed by atoms with E-state index in [1.807, 2.05) is 0 Å². The molecule has 13 heteroatoms. The lowest BCUT2D eigenvalue weighted by Gasteiger charge is -2.31. The van der Waals surface area contributed by atoms with Gasteiger partial charge in [0.2, 0.25) is 0 Å². The number of fused-ring (bicyclic) bond motifs is 1. The number of nitrogens with one attached hydrogen (secondary N) is 1. The van der Waals surface area contributed by atoms with Gasteiger partial charge in [-0.2, -0.15) is 13.2 Å². The molecule has 208 valence electrons. The maximum atomic E-state index is 14.2. The van der Waals surface area contributed by atoms with Crippen molar-refractivity contribution in [2.24, 2.45) is 0 Å². The number of carbonyl (C=O) groups excluding carboxylic acids is 1. The van der Waals surface area contributed by atoms with Gasteiger partial charge in [0.1, 0.15) is 29.6 Å². The lowest BCUT2D eigenvalue weighted by atomic mass is 10.0. The van der Waals surface area contributed by atoms with E-state index in [0.717, 1.165) is 40.7 Å². The highest BCUT2D eigenvalue weighted by Gasteiger charge is 2.47. The van der Waals surface area contributed by atoms with Crippen LogP contribution in [0.2, 0.25) is 0 Å². The number of carbonyl (C=O) groups is 1. The summed E-state index contributed by atoms with van der Waals surface area (Å²) in [6.45, 7) is -0.195. The Labute approximate surface area is 220 Å². The highest BCUT2D eigenvalue weighted by atomic mass is 32.2. The number of amides is 1. The van der Waals surface area contributed by atoms with Crippen molar-refractivity contribution in [3.63, 3.8) is 0 Å². The smallest absolute Gasteiger partial charge is 0.416 e. The Morgan fingerprint density at radius 3 is 2.38 bits per heavy atom. The van der Waals surface area contributed by atoms with Gasteiger partial charge in [0, 0.05) is 12.6 Å². The number of alkyl halides is 3. The highest BCUT2D eigenvalue weighted by molar-refractivity contribution is 7.92. The first-order valence-corrected chi connectivity index (χ1v) is 13.1. The van der Waals surface area contributed by atoms with Gasteiger partial charge in [-0.25, -0.2) is 17.2 Å². The molecule has 1 aliphatic heterocycles. The van der Waals surface area contributed by atoms with Crippen molar-refractivity contribution in [1.29, 1.82) is 0 Å². The van der Waals surface area contributed by atoms with Gasteiger partial charge < -0.3 is 15.2 Å². The number of benzene rings is 3. The SMILES string of the molecule is CNC(=O)C1(O)CC1.O=S(=O)(c1cccc(C(F)(F)F)c1)N1CCOc2ccc(-c3cc(F)ccc3F)cc21. The summed E-state index contributed by atoms with van der Waals surface area (Å²) in [7, 11) is -2.86. The zero-order valence-corrected chi connectivity index (χ0v) is 21.2. The molecule has 1 aliphatic carbocycles. The molecule has 0 aromatic heterocycles. The van der Waals surface area contributed by atoms with E-state index in [1.54, 1.807) is 0 Å². The second-order valence-corrected chi connectivity index (χ2v) is 10.7. The topological polar surface area (TPSA) is 95.9 Å². The molecule has 0 bridgehead atoms. The van der Waals surface area contributed by atoms with Gasteiger partial charge in [-0.05, 0) is 66.9 Å². The number of halogens is 5. The fourth-order valence-corrected chi connectivity index (χ4v) is 5.36. The van der Waals surface area contributed by atoms with Crippen LogP contribution < -0.4 is 14.4 Å². The normalized spacial score (nSPS) is 15.8. The first-order valence-electron chi connectivity index (χ1n) is 11.6. The van der Waals surface area contributed by atoms with Gasteiger partial charge in [-0.3, -0.25) is 9.10 Å². The molecule has 2 N–H and O–H groups in total. The Hall–Kier alpha value is -3.71. The minimum absolute atomic E-state index is 0.0184. The average molecular weight is 571 g/mol. The standard InChI is InChI=1S/C21H14F5NO3S.C5H9NO2/c22-15-5-6-18(23)17(12-15)13-4-7-20-19(10-13)27(8-9-30-20)31(28,29)16-3-1-2-14(11-16)21(24,25)26;1-6-4(7)5(8)2-3-5/h1-7,10-12H,8-9H2;8H,2-3H2,1H3,(H,6,7). The molecule has 3 aromatic carbocycles. The first-order chi connectivity index (χ1) is 18.3. The molecule has 0 atom stereocenters. The number of sulfonamides is 1. The summed E-state index contributed by atoms with van der Waals surface area (Å²) in [6.07, 6.45) is -3.48. The van der Waals surface area contributed by atoms with Crippen LogP contribution in [0.3, 0.4) is 0 Å². The van der Waals surface area contributed by atoms with Crippen molar-refractivity contribution < 1.29 is 45.0 Å². The fourth-order valence-electron chi connectivity index (χ4n) is 3.87. The van der Waals surface area contributed by atoms with Crippen LogP contribution >= 0.6 is 0 Å². The number of anilines is 1. The average Bonchev–Trinajstić information content (AvgIpc) is 3.67. The van der Waals surface area contributed by atoms with Gasteiger partial charge >= 0.3 is 6.18 Å². The van der Waals surface area contributed by atoms with Gasteiger partial charge in [-0.15, -0.1) is 0 Å². The predicted molar refractivity (Wildman–Crippen MR) is 132 cm³/mol. The van der Waals surface area contributed by atoms with E-state index in [1.165, 1.54) is 25.2 Å². The van der Waals surface area contributed by atoms with Crippen LogP contribution in [-0.2, 0) is 21.0 Å². The molecule has 3 aromatic rings. The molecule has 0 saturated heterocycles. The van der Waals surface area contributed by atoms with Gasteiger partial charge in [-0.1, -0.05) is 12.1 Å².